The number of nitrogens with one attached hydrogen (secondary N) is 1. The van der Waals surface area contributed by atoms with Crippen LogP contribution in [-0.2, 0) is 0 Å². The van der Waals surface area contributed by atoms with E-state index in [0.29, 0.717) is 0 Å². The van der Waals surface area contributed by atoms with Crippen molar-refractivity contribution in [1.82, 2.24) is 5.10 Å². The van der Waals surface area contributed by atoms with Gasteiger partial charge in [0.1, 0.15) is 0 Å². The van der Waals surface area contributed by atoms with Crippen molar-refractivity contribution in [2.45, 2.75) is 6.92 Å². The van der Waals surface area contributed by atoms with Gasteiger partial charge in [-0.2, -0.15) is 0 Å². The number of benzene rings is 2. The van der Waals surface area contributed by atoms with E-state index in [1.54, 1.807) is 11.3 Å². The highest BCUT2D eigenvalue weighted by atomic mass is 35.5. The van der Waals surface area contributed by atoms with Gasteiger partial charge in [0.2, 0.25) is 5.69 Å². The third-order valence-electron chi connectivity index (χ3n) is 2.85. The van der Waals surface area contributed by atoms with E-state index >= 15 is 0 Å². The van der Waals surface area contributed by atoms with Crippen molar-refractivity contribution >= 4 is 22.2 Å². The number of hydrogen-bond donors (Lipinski definition) is 1. The van der Waals surface area contributed by atoms with Gasteiger partial charge >= 0.3 is 0 Å². The maximum Gasteiger partial charge on any atom is 0.261 e. The molecule has 0 amide bonds. The summed E-state index contributed by atoms with van der Waals surface area (Å²) in [4.78, 5) is 0. The van der Waals surface area contributed by atoms with Crippen molar-refractivity contribution in [3.8, 4) is 5.69 Å². The van der Waals surface area contributed by atoms with E-state index in [4.69, 9.17) is 0 Å². The summed E-state index contributed by atoms with van der Waals surface area (Å²) >= 11 is 1.59. The molecule has 1 heterocycles. The quantitative estimate of drug-likeness (QED) is 0.713. The molecule has 102 valence electrons. The maximum absolute atomic E-state index is 4.56. The standard InChI is InChI=1S/C15H14N3S.ClH/c1-12-7-5-6-10-14(12)18-11-19-15(17-18)16-13-8-3-2-4-9-13;/h2-11H,1H3,(H,16,17);1H/q+1;/p-1. The molecule has 0 aliphatic rings. The van der Waals surface area contributed by atoms with E-state index in [0.717, 1.165) is 16.5 Å². The molecule has 0 saturated heterocycles. The average Bonchev–Trinajstić information content (AvgIpc) is 2.89. The lowest BCUT2D eigenvalue weighted by Crippen LogP contribution is -3.00. The zero-order valence-electron chi connectivity index (χ0n) is 11.0. The molecule has 0 saturated carbocycles. The van der Waals surface area contributed by atoms with Crippen LogP contribution >= 0.6 is 11.3 Å². The van der Waals surface area contributed by atoms with Crippen LogP contribution in [0.2, 0.25) is 0 Å². The molecule has 2 aromatic carbocycles. The van der Waals surface area contributed by atoms with Gasteiger partial charge in [-0.3, -0.25) is 0 Å². The van der Waals surface area contributed by atoms with E-state index in [9.17, 15) is 0 Å². The Hall–Kier alpha value is -1.91. The molecule has 3 rings (SSSR count). The SMILES string of the molecule is Cc1ccccc1-[n+]1csc(Nc2ccccc2)n1.[Cl-]. The lowest BCUT2D eigenvalue weighted by atomic mass is 10.2. The van der Waals surface area contributed by atoms with E-state index in [2.05, 4.69) is 29.5 Å². The van der Waals surface area contributed by atoms with E-state index in [-0.39, 0.29) is 12.4 Å². The molecule has 0 aliphatic carbocycles. The van der Waals surface area contributed by atoms with Gasteiger partial charge in [0.25, 0.3) is 10.6 Å². The van der Waals surface area contributed by atoms with Gasteiger partial charge in [0, 0.05) is 22.4 Å². The fourth-order valence-electron chi connectivity index (χ4n) is 1.88. The Morgan fingerprint density at radius 3 is 2.45 bits per heavy atom. The molecule has 0 fully saturated rings. The number of hydrogen-bond acceptors (Lipinski definition) is 3. The number of nitrogens with zero attached hydrogens (tertiary/aromatic N) is 2. The maximum atomic E-state index is 4.56. The second kappa shape index (κ2) is 6.50. The smallest absolute Gasteiger partial charge is 0.261 e. The van der Waals surface area contributed by atoms with Crippen LogP contribution in [0.4, 0.5) is 10.8 Å². The summed E-state index contributed by atoms with van der Waals surface area (Å²) in [6.45, 7) is 2.09. The van der Waals surface area contributed by atoms with Gasteiger partial charge in [0.15, 0.2) is 0 Å². The highest BCUT2D eigenvalue weighted by Gasteiger charge is 2.14. The molecule has 0 bridgehead atoms. The summed E-state index contributed by atoms with van der Waals surface area (Å²) in [6, 6.07) is 18.3. The summed E-state index contributed by atoms with van der Waals surface area (Å²) in [5.74, 6) is 0. The van der Waals surface area contributed by atoms with Gasteiger partial charge < -0.3 is 17.7 Å². The Kier molecular flexibility index (Phi) is 4.71. The van der Waals surface area contributed by atoms with Crippen molar-refractivity contribution in [1.29, 1.82) is 0 Å². The highest BCUT2D eigenvalue weighted by molar-refractivity contribution is 7.13. The Morgan fingerprint density at radius 2 is 1.70 bits per heavy atom. The van der Waals surface area contributed by atoms with Crippen LogP contribution in [0.25, 0.3) is 5.69 Å². The van der Waals surface area contributed by atoms with Crippen LogP contribution < -0.4 is 22.4 Å². The molecule has 20 heavy (non-hydrogen) atoms. The fourth-order valence-corrected chi connectivity index (χ4v) is 2.55. The Bertz CT molecular complexity index is 682. The van der Waals surface area contributed by atoms with E-state index in [1.807, 2.05) is 52.7 Å². The van der Waals surface area contributed by atoms with Crippen molar-refractivity contribution in [2.75, 3.05) is 5.32 Å². The van der Waals surface area contributed by atoms with Crippen LogP contribution in [-0.4, -0.2) is 5.10 Å². The average molecular weight is 304 g/mol. The number of halogens is 1. The molecule has 0 atom stereocenters. The molecule has 1 N–H and O–H groups in total. The second-order valence-electron chi connectivity index (χ2n) is 4.25. The minimum Gasteiger partial charge on any atom is -1.00 e. The van der Waals surface area contributed by atoms with Crippen molar-refractivity contribution < 1.29 is 17.1 Å². The fraction of sp³-hybridized carbons (Fsp3) is 0.0667. The van der Waals surface area contributed by atoms with Crippen molar-refractivity contribution in [2.24, 2.45) is 0 Å². The molecule has 5 heteroatoms. The van der Waals surface area contributed by atoms with Gasteiger partial charge in [0.05, 0.1) is 0 Å². The third kappa shape index (κ3) is 3.15. The largest absolute Gasteiger partial charge is 1.00 e. The monoisotopic (exact) mass is 303 g/mol. The lowest BCUT2D eigenvalue weighted by Gasteiger charge is -1.98. The molecule has 0 radical (unpaired) electrons. The second-order valence-corrected chi connectivity index (χ2v) is 5.08. The third-order valence-corrected chi connectivity index (χ3v) is 3.56. The first kappa shape index (κ1) is 14.5. The summed E-state index contributed by atoms with van der Waals surface area (Å²) < 4.78 is 1.91. The Balaban J connectivity index is 0.00000147. The predicted octanol–water partition coefficient (Wildman–Crippen LogP) is 0.476. The summed E-state index contributed by atoms with van der Waals surface area (Å²) in [7, 11) is 0. The molecule has 0 spiro atoms. The highest BCUT2D eigenvalue weighted by Crippen LogP contribution is 2.17. The number of aromatic nitrogens is 2. The number of para-hydroxylation sites is 2. The Morgan fingerprint density at radius 1 is 1.00 bits per heavy atom. The lowest BCUT2D eigenvalue weighted by molar-refractivity contribution is -0.653. The molecule has 0 aliphatic heterocycles. The minimum absolute atomic E-state index is 0. The van der Waals surface area contributed by atoms with Crippen molar-refractivity contribution in [3.05, 3.63) is 65.7 Å². The van der Waals surface area contributed by atoms with Gasteiger partial charge in [-0.1, -0.05) is 36.4 Å². The zero-order chi connectivity index (χ0) is 13.1. The first-order valence-corrected chi connectivity index (χ1v) is 6.96. The van der Waals surface area contributed by atoms with Crippen LogP contribution in [0.15, 0.2) is 60.1 Å². The van der Waals surface area contributed by atoms with E-state index < -0.39 is 0 Å². The van der Waals surface area contributed by atoms with Crippen LogP contribution in [0.1, 0.15) is 5.56 Å². The first-order chi connectivity index (χ1) is 9.33. The predicted molar refractivity (Wildman–Crippen MR) is 78.1 cm³/mol. The van der Waals surface area contributed by atoms with Crippen LogP contribution in [0.5, 0.6) is 0 Å². The normalized spacial score (nSPS) is 9.85. The molecule has 1 aromatic heterocycles. The van der Waals surface area contributed by atoms with Crippen LogP contribution in [0, 0.1) is 6.92 Å². The molecular formula is C15H14ClN3S. The van der Waals surface area contributed by atoms with Crippen LogP contribution in [0.3, 0.4) is 0 Å². The summed E-state index contributed by atoms with van der Waals surface area (Å²) in [6.07, 6.45) is 0. The van der Waals surface area contributed by atoms with Gasteiger partial charge in [-0.05, 0) is 35.1 Å². The zero-order valence-corrected chi connectivity index (χ0v) is 12.5. The minimum atomic E-state index is 0. The topological polar surface area (TPSA) is 28.8 Å². The Labute approximate surface area is 128 Å². The van der Waals surface area contributed by atoms with Gasteiger partial charge in [-0.15, -0.1) is 0 Å². The number of anilines is 2. The number of aryl methyl sites for hydroxylation is 1. The van der Waals surface area contributed by atoms with E-state index in [1.165, 1.54) is 5.56 Å². The molecule has 0 unspecified atom stereocenters. The van der Waals surface area contributed by atoms with Gasteiger partial charge in [-0.25, -0.2) is 0 Å². The molecule has 3 nitrogen and oxygen atoms in total. The molecule has 3 aromatic rings. The number of rotatable bonds is 3. The van der Waals surface area contributed by atoms with Crippen molar-refractivity contribution in [3.63, 3.8) is 0 Å². The molecular weight excluding hydrogens is 290 g/mol. The summed E-state index contributed by atoms with van der Waals surface area (Å²) in [5.41, 5.74) is 5.38. The first-order valence-electron chi connectivity index (χ1n) is 6.08. The summed E-state index contributed by atoms with van der Waals surface area (Å²) in [5, 5.41) is 8.74.